The standard InChI is InChI=1S/C27H32N2O4S2/c1-23-14-18-34-26(23)21-28(20-25-12-7-4-8-13-25)27(30)22-29(16-9-17-33-2)35(31,32)19-15-24-10-5-3-6-11-24/h3-8,10-15,18-19H,9,16-17,20-22H2,1-2H3/b19-15+. The van der Waals surface area contributed by atoms with Crippen molar-refractivity contribution in [1.29, 1.82) is 0 Å². The lowest BCUT2D eigenvalue weighted by molar-refractivity contribution is -0.132. The zero-order chi connectivity index (χ0) is 25.1. The highest BCUT2D eigenvalue weighted by Crippen LogP contribution is 2.20. The molecular formula is C27H32N2O4S2. The Morgan fingerprint density at radius 1 is 1.00 bits per heavy atom. The van der Waals surface area contributed by atoms with Crippen LogP contribution in [0.15, 0.2) is 77.5 Å². The summed E-state index contributed by atoms with van der Waals surface area (Å²) in [6, 6.07) is 21.0. The predicted molar refractivity (Wildman–Crippen MR) is 142 cm³/mol. The number of carbonyl (C=O) groups is 1. The zero-order valence-corrected chi connectivity index (χ0v) is 21.8. The molecule has 35 heavy (non-hydrogen) atoms. The second kappa shape index (κ2) is 13.3. The molecule has 0 aliphatic heterocycles. The van der Waals surface area contributed by atoms with Crippen molar-refractivity contribution in [3.8, 4) is 0 Å². The van der Waals surface area contributed by atoms with E-state index in [-0.39, 0.29) is 19.0 Å². The SMILES string of the molecule is COCCCN(CC(=O)N(Cc1ccccc1)Cc1sccc1C)S(=O)(=O)/C=C/c1ccccc1. The number of nitrogens with zero attached hydrogens (tertiary/aromatic N) is 2. The van der Waals surface area contributed by atoms with Crippen molar-refractivity contribution in [2.24, 2.45) is 0 Å². The Labute approximate surface area is 212 Å². The van der Waals surface area contributed by atoms with Crippen LogP contribution in [0.3, 0.4) is 0 Å². The van der Waals surface area contributed by atoms with Crippen molar-refractivity contribution in [3.63, 3.8) is 0 Å². The summed E-state index contributed by atoms with van der Waals surface area (Å²) in [7, 11) is -2.25. The topological polar surface area (TPSA) is 66.9 Å². The van der Waals surface area contributed by atoms with E-state index in [1.807, 2.05) is 79.0 Å². The largest absolute Gasteiger partial charge is 0.385 e. The normalized spacial score (nSPS) is 11.9. The Bertz CT molecular complexity index is 1190. The number of hydrogen-bond donors (Lipinski definition) is 0. The van der Waals surface area contributed by atoms with Crippen LogP contribution in [0.1, 0.15) is 28.0 Å². The number of hydrogen-bond acceptors (Lipinski definition) is 5. The van der Waals surface area contributed by atoms with Crippen molar-refractivity contribution in [2.45, 2.75) is 26.4 Å². The van der Waals surface area contributed by atoms with Gasteiger partial charge in [0.05, 0.1) is 13.1 Å². The van der Waals surface area contributed by atoms with Crippen molar-refractivity contribution in [1.82, 2.24) is 9.21 Å². The van der Waals surface area contributed by atoms with E-state index in [1.54, 1.807) is 29.4 Å². The molecule has 1 heterocycles. The average molecular weight is 513 g/mol. The Hall–Kier alpha value is -2.78. The van der Waals surface area contributed by atoms with Gasteiger partial charge in [0.15, 0.2) is 0 Å². The number of sulfonamides is 1. The Kier molecular flexibility index (Phi) is 10.2. The molecule has 3 aromatic rings. The molecule has 0 bridgehead atoms. The summed E-state index contributed by atoms with van der Waals surface area (Å²) in [5.74, 6) is -0.240. The third-order valence-electron chi connectivity index (χ3n) is 5.53. The van der Waals surface area contributed by atoms with E-state index in [0.29, 0.717) is 26.1 Å². The second-order valence-electron chi connectivity index (χ2n) is 8.20. The van der Waals surface area contributed by atoms with E-state index in [0.717, 1.165) is 21.6 Å². The summed E-state index contributed by atoms with van der Waals surface area (Å²) < 4.78 is 32.8. The van der Waals surface area contributed by atoms with Gasteiger partial charge in [0.1, 0.15) is 0 Å². The summed E-state index contributed by atoms with van der Waals surface area (Å²) in [5.41, 5.74) is 2.89. The van der Waals surface area contributed by atoms with Crippen LogP contribution >= 0.6 is 11.3 Å². The highest BCUT2D eigenvalue weighted by molar-refractivity contribution is 7.92. The number of carbonyl (C=O) groups excluding carboxylic acids is 1. The Morgan fingerprint density at radius 2 is 1.69 bits per heavy atom. The maximum absolute atomic E-state index is 13.5. The fourth-order valence-corrected chi connectivity index (χ4v) is 5.62. The number of benzene rings is 2. The fourth-order valence-electron chi connectivity index (χ4n) is 3.52. The van der Waals surface area contributed by atoms with Gasteiger partial charge in [-0.15, -0.1) is 11.3 Å². The van der Waals surface area contributed by atoms with Crippen LogP contribution in [0.25, 0.3) is 6.08 Å². The molecule has 6 nitrogen and oxygen atoms in total. The molecule has 8 heteroatoms. The van der Waals surface area contributed by atoms with Gasteiger partial charge >= 0.3 is 0 Å². The molecule has 0 fully saturated rings. The smallest absolute Gasteiger partial charge is 0.238 e. The van der Waals surface area contributed by atoms with Crippen molar-refractivity contribution >= 4 is 33.3 Å². The monoisotopic (exact) mass is 512 g/mol. The maximum Gasteiger partial charge on any atom is 0.238 e. The third-order valence-corrected chi connectivity index (χ3v) is 8.05. The molecule has 186 valence electrons. The van der Waals surface area contributed by atoms with E-state index < -0.39 is 10.0 Å². The van der Waals surface area contributed by atoms with E-state index in [1.165, 1.54) is 9.71 Å². The van der Waals surface area contributed by atoms with Crippen LogP contribution in [0, 0.1) is 6.92 Å². The van der Waals surface area contributed by atoms with Gasteiger partial charge in [-0.25, -0.2) is 8.42 Å². The summed E-state index contributed by atoms with van der Waals surface area (Å²) in [6.07, 6.45) is 2.05. The molecule has 2 aromatic carbocycles. The molecule has 0 atom stereocenters. The van der Waals surface area contributed by atoms with Crippen molar-refractivity contribution in [2.75, 3.05) is 26.8 Å². The highest BCUT2D eigenvalue weighted by Gasteiger charge is 2.25. The van der Waals surface area contributed by atoms with Gasteiger partial charge in [0, 0.05) is 37.1 Å². The van der Waals surface area contributed by atoms with Crippen LogP contribution in [0.2, 0.25) is 0 Å². The summed E-state index contributed by atoms with van der Waals surface area (Å²) in [6.45, 7) is 3.23. The number of thiophene rings is 1. The molecule has 0 aliphatic rings. The van der Waals surface area contributed by atoms with Crippen LogP contribution in [0.5, 0.6) is 0 Å². The first kappa shape index (κ1) is 26.8. The molecule has 0 spiro atoms. The van der Waals surface area contributed by atoms with Crippen LogP contribution in [-0.4, -0.2) is 50.3 Å². The third kappa shape index (κ3) is 8.43. The van der Waals surface area contributed by atoms with E-state index in [9.17, 15) is 13.2 Å². The van der Waals surface area contributed by atoms with E-state index >= 15 is 0 Å². The molecule has 1 aromatic heterocycles. The lowest BCUT2D eigenvalue weighted by Gasteiger charge is -2.27. The number of ether oxygens (including phenoxy) is 1. The zero-order valence-electron chi connectivity index (χ0n) is 20.2. The van der Waals surface area contributed by atoms with E-state index in [2.05, 4.69) is 0 Å². The molecular weight excluding hydrogens is 480 g/mol. The second-order valence-corrected chi connectivity index (χ2v) is 11.0. The number of aryl methyl sites for hydroxylation is 1. The van der Waals surface area contributed by atoms with Crippen LogP contribution < -0.4 is 0 Å². The van der Waals surface area contributed by atoms with Crippen molar-refractivity contribution < 1.29 is 17.9 Å². The van der Waals surface area contributed by atoms with E-state index in [4.69, 9.17) is 4.74 Å². The minimum absolute atomic E-state index is 0.193. The summed E-state index contributed by atoms with van der Waals surface area (Å²) in [4.78, 5) is 16.3. The quantitative estimate of drug-likeness (QED) is 0.305. The van der Waals surface area contributed by atoms with Gasteiger partial charge in [0.2, 0.25) is 15.9 Å². The molecule has 3 rings (SSSR count). The molecule has 0 saturated heterocycles. The Morgan fingerprint density at radius 3 is 2.31 bits per heavy atom. The lowest BCUT2D eigenvalue weighted by Crippen LogP contribution is -2.42. The molecule has 0 N–H and O–H groups in total. The predicted octanol–water partition coefficient (Wildman–Crippen LogP) is 4.92. The number of amides is 1. The highest BCUT2D eigenvalue weighted by atomic mass is 32.2. The van der Waals surface area contributed by atoms with Gasteiger partial charge in [-0.3, -0.25) is 4.79 Å². The molecule has 0 unspecified atom stereocenters. The van der Waals surface area contributed by atoms with Gasteiger partial charge in [0.25, 0.3) is 0 Å². The van der Waals surface area contributed by atoms with Crippen LogP contribution in [-0.2, 0) is 32.6 Å². The fraction of sp³-hybridized carbons (Fsp3) is 0.296. The van der Waals surface area contributed by atoms with Crippen molar-refractivity contribution in [3.05, 3.63) is 99.1 Å². The van der Waals surface area contributed by atoms with Gasteiger partial charge < -0.3 is 9.64 Å². The molecule has 0 radical (unpaired) electrons. The number of rotatable bonds is 13. The summed E-state index contributed by atoms with van der Waals surface area (Å²) in [5, 5.41) is 3.18. The molecule has 0 saturated carbocycles. The van der Waals surface area contributed by atoms with Gasteiger partial charge in [-0.05, 0) is 47.6 Å². The van der Waals surface area contributed by atoms with Crippen LogP contribution in [0.4, 0.5) is 0 Å². The first-order chi connectivity index (χ1) is 16.9. The minimum atomic E-state index is -3.82. The lowest BCUT2D eigenvalue weighted by atomic mass is 10.2. The van der Waals surface area contributed by atoms with Gasteiger partial charge in [-0.1, -0.05) is 60.7 Å². The number of methoxy groups -OCH3 is 1. The average Bonchev–Trinajstić information content (AvgIpc) is 3.27. The van der Waals surface area contributed by atoms with Gasteiger partial charge in [-0.2, -0.15) is 4.31 Å². The first-order valence-corrected chi connectivity index (χ1v) is 13.8. The first-order valence-electron chi connectivity index (χ1n) is 11.5. The summed E-state index contributed by atoms with van der Waals surface area (Å²) >= 11 is 1.60. The maximum atomic E-state index is 13.5. The Balaban J connectivity index is 1.82. The minimum Gasteiger partial charge on any atom is -0.385 e. The molecule has 1 amide bonds. The molecule has 0 aliphatic carbocycles.